The van der Waals surface area contributed by atoms with E-state index in [9.17, 15) is 5.11 Å². The minimum atomic E-state index is -0.497. The van der Waals surface area contributed by atoms with E-state index < -0.39 is 6.10 Å². The number of hydrogen-bond donors (Lipinski definition) is 2. The highest BCUT2D eigenvalue weighted by Gasteiger charge is 2.04. The summed E-state index contributed by atoms with van der Waals surface area (Å²) in [4.78, 5) is 0. The third-order valence-electron chi connectivity index (χ3n) is 2.98. The van der Waals surface area contributed by atoms with Gasteiger partial charge < -0.3 is 19.9 Å². The van der Waals surface area contributed by atoms with E-state index in [0.717, 1.165) is 30.5 Å². The second kappa shape index (κ2) is 12.1. The van der Waals surface area contributed by atoms with Crippen molar-refractivity contribution in [2.75, 3.05) is 33.0 Å². The molecule has 1 rings (SSSR count). The highest BCUT2D eigenvalue weighted by molar-refractivity contribution is 9.10. The number of unbranched alkanes of at least 4 members (excludes halogenated alkanes) is 1. The van der Waals surface area contributed by atoms with E-state index in [4.69, 9.17) is 9.47 Å². The lowest BCUT2D eigenvalue weighted by Gasteiger charge is -2.13. The molecule has 0 aliphatic heterocycles. The molecular weight excluding hydrogens is 334 g/mol. The van der Waals surface area contributed by atoms with Crippen LogP contribution >= 0.6 is 15.9 Å². The first-order valence-corrected chi connectivity index (χ1v) is 8.31. The lowest BCUT2D eigenvalue weighted by molar-refractivity contribution is 0.00385. The molecule has 0 spiro atoms. The van der Waals surface area contributed by atoms with Crippen LogP contribution in [0, 0.1) is 0 Å². The van der Waals surface area contributed by atoms with Gasteiger partial charge in [-0.15, -0.1) is 0 Å². The van der Waals surface area contributed by atoms with Gasteiger partial charge in [0.2, 0.25) is 0 Å². The Morgan fingerprint density at radius 1 is 1.19 bits per heavy atom. The summed E-state index contributed by atoms with van der Waals surface area (Å²) in [6.07, 6.45) is 1.73. The second-order valence-corrected chi connectivity index (χ2v) is 5.77. The van der Waals surface area contributed by atoms with Crippen LogP contribution in [-0.2, 0) is 16.0 Å². The van der Waals surface area contributed by atoms with E-state index in [1.54, 1.807) is 0 Å². The van der Waals surface area contributed by atoms with E-state index in [1.807, 2.05) is 24.3 Å². The molecule has 0 bridgehead atoms. The van der Waals surface area contributed by atoms with Gasteiger partial charge in [-0.3, -0.25) is 0 Å². The molecule has 1 unspecified atom stereocenters. The van der Waals surface area contributed by atoms with Crippen molar-refractivity contribution in [1.29, 1.82) is 0 Å². The van der Waals surface area contributed by atoms with Crippen molar-refractivity contribution < 1.29 is 14.6 Å². The number of aliphatic hydroxyl groups excluding tert-OH is 1. The molecule has 0 aliphatic rings. The molecule has 1 aromatic carbocycles. The molecular formula is C16H26BrNO3. The number of rotatable bonds is 12. The quantitative estimate of drug-likeness (QED) is 0.563. The zero-order valence-corrected chi connectivity index (χ0v) is 14.3. The SMILES string of the molecule is CCCCOCCOCC(O)CNCc1ccccc1Br. The number of hydrogen-bond acceptors (Lipinski definition) is 4. The van der Waals surface area contributed by atoms with Crippen LogP contribution < -0.4 is 5.32 Å². The molecule has 5 heteroatoms. The molecule has 0 heterocycles. The zero-order valence-electron chi connectivity index (χ0n) is 12.7. The molecule has 21 heavy (non-hydrogen) atoms. The van der Waals surface area contributed by atoms with Gasteiger partial charge in [0.15, 0.2) is 0 Å². The van der Waals surface area contributed by atoms with Crippen LogP contribution in [-0.4, -0.2) is 44.2 Å². The Bertz CT molecular complexity index is 376. The normalized spacial score (nSPS) is 12.5. The molecule has 4 nitrogen and oxygen atoms in total. The van der Waals surface area contributed by atoms with Crippen molar-refractivity contribution in [2.45, 2.75) is 32.4 Å². The van der Waals surface area contributed by atoms with E-state index in [2.05, 4.69) is 28.2 Å². The number of benzene rings is 1. The van der Waals surface area contributed by atoms with Crippen LogP contribution in [0.15, 0.2) is 28.7 Å². The predicted molar refractivity (Wildman–Crippen MR) is 88.4 cm³/mol. The van der Waals surface area contributed by atoms with E-state index in [-0.39, 0.29) is 0 Å². The molecule has 1 atom stereocenters. The Morgan fingerprint density at radius 3 is 2.71 bits per heavy atom. The van der Waals surface area contributed by atoms with Crippen molar-refractivity contribution in [3.8, 4) is 0 Å². The maximum absolute atomic E-state index is 9.80. The molecule has 0 aromatic heterocycles. The van der Waals surface area contributed by atoms with Crippen LogP contribution in [0.1, 0.15) is 25.3 Å². The van der Waals surface area contributed by atoms with Crippen LogP contribution in [0.5, 0.6) is 0 Å². The molecule has 0 saturated carbocycles. The zero-order chi connectivity index (χ0) is 15.3. The molecule has 0 amide bonds. The Morgan fingerprint density at radius 2 is 1.95 bits per heavy atom. The fraction of sp³-hybridized carbons (Fsp3) is 0.625. The van der Waals surface area contributed by atoms with Crippen molar-refractivity contribution in [3.05, 3.63) is 34.3 Å². The predicted octanol–water partition coefficient (Wildman–Crippen LogP) is 2.73. The summed E-state index contributed by atoms with van der Waals surface area (Å²) in [5.74, 6) is 0. The lowest BCUT2D eigenvalue weighted by Crippen LogP contribution is -2.30. The van der Waals surface area contributed by atoms with E-state index in [1.165, 1.54) is 5.56 Å². The largest absolute Gasteiger partial charge is 0.389 e. The van der Waals surface area contributed by atoms with Gasteiger partial charge in [-0.05, 0) is 18.1 Å². The second-order valence-electron chi connectivity index (χ2n) is 4.92. The Balaban J connectivity index is 1.99. The third-order valence-corrected chi connectivity index (χ3v) is 3.75. The minimum Gasteiger partial charge on any atom is -0.389 e. The maximum atomic E-state index is 9.80. The molecule has 2 N–H and O–H groups in total. The molecule has 0 radical (unpaired) electrons. The summed E-state index contributed by atoms with van der Waals surface area (Å²) in [5.41, 5.74) is 1.18. The standard InChI is InChI=1S/C16H26BrNO3/c1-2-3-8-20-9-10-21-13-15(19)12-18-11-14-6-4-5-7-16(14)17/h4-7,15,18-19H,2-3,8-13H2,1H3. The monoisotopic (exact) mass is 359 g/mol. The lowest BCUT2D eigenvalue weighted by atomic mass is 10.2. The number of ether oxygens (including phenoxy) is 2. The summed E-state index contributed by atoms with van der Waals surface area (Å²) in [7, 11) is 0. The fourth-order valence-electron chi connectivity index (χ4n) is 1.76. The highest BCUT2D eigenvalue weighted by atomic mass is 79.9. The number of halogens is 1. The summed E-state index contributed by atoms with van der Waals surface area (Å²) < 4.78 is 11.8. The van der Waals surface area contributed by atoms with Gasteiger partial charge in [0.05, 0.1) is 25.9 Å². The van der Waals surface area contributed by atoms with Gasteiger partial charge in [0.1, 0.15) is 0 Å². The van der Waals surface area contributed by atoms with Gasteiger partial charge in [0.25, 0.3) is 0 Å². The van der Waals surface area contributed by atoms with Gasteiger partial charge in [-0.25, -0.2) is 0 Å². The molecule has 0 fully saturated rings. The first kappa shape index (κ1) is 18.6. The summed E-state index contributed by atoms with van der Waals surface area (Å²) >= 11 is 3.50. The fourth-order valence-corrected chi connectivity index (χ4v) is 2.18. The summed E-state index contributed by atoms with van der Waals surface area (Å²) in [5, 5.41) is 13.0. The van der Waals surface area contributed by atoms with Crippen molar-refractivity contribution in [2.24, 2.45) is 0 Å². The molecule has 0 aliphatic carbocycles. The Kier molecular flexibility index (Phi) is 10.7. The van der Waals surface area contributed by atoms with E-state index >= 15 is 0 Å². The maximum Gasteiger partial charge on any atom is 0.0897 e. The molecule has 120 valence electrons. The first-order chi connectivity index (χ1) is 10.2. The van der Waals surface area contributed by atoms with Gasteiger partial charge >= 0.3 is 0 Å². The van der Waals surface area contributed by atoms with Gasteiger partial charge in [-0.1, -0.05) is 47.5 Å². The highest BCUT2D eigenvalue weighted by Crippen LogP contribution is 2.15. The van der Waals surface area contributed by atoms with Crippen molar-refractivity contribution in [3.63, 3.8) is 0 Å². The van der Waals surface area contributed by atoms with Crippen LogP contribution in [0.3, 0.4) is 0 Å². The average Bonchev–Trinajstić information content (AvgIpc) is 2.48. The summed E-state index contributed by atoms with van der Waals surface area (Å²) in [6, 6.07) is 8.04. The van der Waals surface area contributed by atoms with Gasteiger partial charge in [-0.2, -0.15) is 0 Å². The smallest absolute Gasteiger partial charge is 0.0897 e. The number of aliphatic hydroxyl groups is 1. The third kappa shape index (κ3) is 9.22. The summed E-state index contributed by atoms with van der Waals surface area (Å²) in [6.45, 7) is 5.62. The van der Waals surface area contributed by atoms with Crippen LogP contribution in [0.4, 0.5) is 0 Å². The number of nitrogens with one attached hydrogen (secondary N) is 1. The minimum absolute atomic E-state index is 0.333. The van der Waals surface area contributed by atoms with Crippen LogP contribution in [0.2, 0.25) is 0 Å². The van der Waals surface area contributed by atoms with Crippen LogP contribution in [0.25, 0.3) is 0 Å². The average molecular weight is 360 g/mol. The topological polar surface area (TPSA) is 50.7 Å². The Hall–Kier alpha value is -0.460. The Labute approximate surface area is 136 Å². The molecule has 0 saturated heterocycles. The molecule has 1 aromatic rings. The van der Waals surface area contributed by atoms with Crippen molar-refractivity contribution >= 4 is 15.9 Å². The van der Waals surface area contributed by atoms with E-state index in [0.29, 0.717) is 26.4 Å². The van der Waals surface area contributed by atoms with Gasteiger partial charge in [0, 0.05) is 24.2 Å². The first-order valence-electron chi connectivity index (χ1n) is 7.51. The van der Waals surface area contributed by atoms with Crippen molar-refractivity contribution in [1.82, 2.24) is 5.32 Å².